The molecule has 0 unspecified atom stereocenters. The normalized spacial score (nSPS) is 15.0. The quantitative estimate of drug-likeness (QED) is 0.633. The Kier molecular flexibility index (Phi) is 3.59. The van der Waals surface area contributed by atoms with E-state index in [0.717, 1.165) is 6.54 Å². The lowest BCUT2D eigenvalue weighted by Gasteiger charge is -2.30. The lowest BCUT2D eigenvalue weighted by Crippen LogP contribution is -2.30. The summed E-state index contributed by atoms with van der Waals surface area (Å²) in [7, 11) is 3.46. The zero-order valence-electron chi connectivity index (χ0n) is 10.6. The van der Waals surface area contributed by atoms with Crippen LogP contribution in [0.15, 0.2) is 6.33 Å². The van der Waals surface area contributed by atoms with E-state index in [1.165, 1.54) is 25.6 Å². The predicted molar refractivity (Wildman–Crippen MR) is 68.8 cm³/mol. The largest absolute Gasteiger partial charge is 0.367 e. The molecule has 1 aliphatic rings. The molecule has 1 aromatic rings. The Bertz CT molecular complexity index is 447. The molecule has 1 aliphatic carbocycles. The van der Waals surface area contributed by atoms with Gasteiger partial charge in [-0.3, -0.25) is 10.1 Å². The van der Waals surface area contributed by atoms with E-state index in [-0.39, 0.29) is 11.5 Å². The predicted octanol–water partition coefficient (Wildman–Crippen LogP) is 1.66. The van der Waals surface area contributed by atoms with E-state index in [1.807, 2.05) is 11.9 Å². The minimum Gasteiger partial charge on any atom is -0.367 e. The first-order chi connectivity index (χ1) is 8.63. The van der Waals surface area contributed by atoms with Gasteiger partial charge in [0, 0.05) is 20.6 Å². The molecule has 0 bridgehead atoms. The molecule has 1 heterocycles. The van der Waals surface area contributed by atoms with Crippen molar-refractivity contribution in [3.8, 4) is 0 Å². The molecule has 0 radical (unpaired) electrons. The summed E-state index contributed by atoms with van der Waals surface area (Å²) in [4.78, 5) is 20.5. The first-order valence-corrected chi connectivity index (χ1v) is 6.01. The summed E-state index contributed by atoms with van der Waals surface area (Å²) in [5.74, 6) is 1.26. The molecule has 1 saturated carbocycles. The number of hydrogen-bond donors (Lipinski definition) is 1. The van der Waals surface area contributed by atoms with E-state index in [1.54, 1.807) is 7.05 Å². The molecule has 0 saturated heterocycles. The third-order valence-corrected chi connectivity index (χ3v) is 3.34. The number of nitrogens with zero attached hydrogens (tertiary/aromatic N) is 4. The van der Waals surface area contributed by atoms with Crippen LogP contribution in [0.2, 0.25) is 0 Å². The van der Waals surface area contributed by atoms with Crippen LogP contribution in [0, 0.1) is 16.0 Å². The van der Waals surface area contributed by atoms with Crippen LogP contribution in [0.3, 0.4) is 0 Å². The summed E-state index contributed by atoms with van der Waals surface area (Å²) in [5, 5.41) is 13.9. The van der Waals surface area contributed by atoms with E-state index in [4.69, 9.17) is 0 Å². The van der Waals surface area contributed by atoms with Crippen LogP contribution in [-0.2, 0) is 0 Å². The van der Waals surface area contributed by atoms with Gasteiger partial charge in [0.15, 0.2) is 0 Å². The maximum atomic E-state index is 11.1. The zero-order chi connectivity index (χ0) is 13.1. The van der Waals surface area contributed by atoms with Crippen molar-refractivity contribution in [1.29, 1.82) is 0 Å². The van der Waals surface area contributed by atoms with Gasteiger partial charge in [-0.05, 0) is 18.8 Å². The molecule has 7 heteroatoms. The summed E-state index contributed by atoms with van der Waals surface area (Å²) in [6.07, 6.45) is 5.00. The summed E-state index contributed by atoms with van der Waals surface area (Å²) in [6.45, 7) is 0.807. The van der Waals surface area contributed by atoms with E-state index >= 15 is 0 Å². The van der Waals surface area contributed by atoms with Crippen molar-refractivity contribution in [2.24, 2.45) is 5.92 Å². The Labute approximate surface area is 105 Å². The van der Waals surface area contributed by atoms with Crippen LogP contribution < -0.4 is 10.2 Å². The van der Waals surface area contributed by atoms with Gasteiger partial charge in [0.2, 0.25) is 11.6 Å². The highest BCUT2D eigenvalue weighted by Gasteiger charge is 2.27. The molecule has 0 amide bonds. The number of aromatic nitrogens is 2. The molecule has 0 spiro atoms. The molecular weight excluding hydrogens is 234 g/mol. The molecule has 1 fully saturated rings. The Morgan fingerprint density at radius 2 is 2.28 bits per heavy atom. The first-order valence-electron chi connectivity index (χ1n) is 6.01. The van der Waals surface area contributed by atoms with Gasteiger partial charge in [-0.15, -0.1) is 0 Å². The van der Waals surface area contributed by atoms with Crippen molar-refractivity contribution in [1.82, 2.24) is 9.97 Å². The topological polar surface area (TPSA) is 84.2 Å². The number of nitro groups is 1. The Balaban J connectivity index is 2.27. The second-order valence-corrected chi connectivity index (χ2v) is 4.58. The molecule has 0 aliphatic heterocycles. The molecular formula is C11H17N5O2. The molecule has 0 atom stereocenters. The maximum absolute atomic E-state index is 11.1. The molecule has 18 heavy (non-hydrogen) atoms. The van der Waals surface area contributed by atoms with Crippen molar-refractivity contribution in [2.75, 3.05) is 30.9 Å². The van der Waals surface area contributed by atoms with Gasteiger partial charge in [0.05, 0.1) is 4.92 Å². The Morgan fingerprint density at radius 3 is 2.78 bits per heavy atom. The third-order valence-electron chi connectivity index (χ3n) is 3.34. The van der Waals surface area contributed by atoms with Crippen LogP contribution in [0.25, 0.3) is 0 Å². The van der Waals surface area contributed by atoms with Gasteiger partial charge in [-0.1, -0.05) is 6.42 Å². The zero-order valence-corrected chi connectivity index (χ0v) is 10.6. The van der Waals surface area contributed by atoms with E-state index in [9.17, 15) is 10.1 Å². The average Bonchev–Trinajstić information content (AvgIpc) is 2.32. The number of nitrogens with one attached hydrogen (secondary N) is 1. The van der Waals surface area contributed by atoms with Crippen LogP contribution in [-0.4, -0.2) is 35.5 Å². The van der Waals surface area contributed by atoms with Crippen molar-refractivity contribution in [2.45, 2.75) is 19.3 Å². The van der Waals surface area contributed by atoms with Crippen LogP contribution in [0.1, 0.15) is 19.3 Å². The van der Waals surface area contributed by atoms with Gasteiger partial charge >= 0.3 is 5.69 Å². The standard InChI is InChI=1S/C11H17N5O2/c1-12-10-9(16(17)18)11(14-7-13-10)15(2)6-8-4-3-5-8/h7-8H,3-6H2,1-2H3,(H,12,13,14). The monoisotopic (exact) mass is 251 g/mol. The average molecular weight is 251 g/mol. The molecule has 0 aromatic carbocycles. The van der Waals surface area contributed by atoms with Crippen LogP contribution >= 0.6 is 0 Å². The fourth-order valence-electron chi connectivity index (χ4n) is 2.15. The van der Waals surface area contributed by atoms with Gasteiger partial charge in [-0.25, -0.2) is 9.97 Å². The van der Waals surface area contributed by atoms with Crippen molar-refractivity contribution < 1.29 is 4.92 Å². The second kappa shape index (κ2) is 5.16. The highest BCUT2D eigenvalue weighted by atomic mass is 16.6. The maximum Gasteiger partial charge on any atom is 0.353 e. The number of hydrogen-bond acceptors (Lipinski definition) is 6. The van der Waals surface area contributed by atoms with Crippen LogP contribution in [0.4, 0.5) is 17.3 Å². The summed E-state index contributed by atoms with van der Waals surface area (Å²) in [5.41, 5.74) is -0.0539. The van der Waals surface area contributed by atoms with Gasteiger partial charge in [0.25, 0.3) is 0 Å². The fourth-order valence-corrected chi connectivity index (χ4v) is 2.15. The number of rotatable bonds is 5. The van der Waals surface area contributed by atoms with Gasteiger partial charge in [-0.2, -0.15) is 0 Å². The minimum atomic E-state index is -0.432. The van der Waals surface area contributed by atoms with Crippen molar-refractivity contribution in [3.05, 3.63) is 16.4 Å². The smallest absolute Gasteiger partial charge is 0.353 e. The lowest BCUT2D eigenvalue weighted by molar-refractivity contribution is -0.383. The number of anilines is 2. The van der Waals surface area contributed by atoms with E-state index < -0.39 is 4.92 Å². The second-order valence-electron chi connectivity index (χ2n) is 4.58. The van der Waals surface area contributed by atoms with E-state index in [2.05, 4.69) is 15.3 Å². The SMILES string of the molecule is CNc1ncnc(N(C)CC2CCC2)c1[N+](=O)[O-]. The molecule has 98 valence electrons. The Hall–Kier alpha value is -1.92. The molecule has 7 nitrogen and oxygen atoms in total. The van der Waals surface area contributed by atoms with E-state index in [0.29, 0.717) is 11.7 Å². The van der Waals surface area contributed by atoms with Crippen molar-refractivity contribution >= 4 is 17.3 Å². The highest BCUT2D eigenvalue weighted by molar-refractivity contribution is 5.69. The third kappa shape index (κ3) is 2.34. The minimum absolute atomic E-state index is 0.0539. The Morgan fingerprint density at radius 1 is 1.56 bits per heavy atom. The lowest BCUT2D eigenvalue weighted by atomic mass is 9.85. The molecule has 1 N–H and O–H groups in total. The van der Waals surface area contributed by atoms with Crippen LogP contribution in [0.5, 0.6) is 0 Å². The summed E-state index contributed by atoms with van der Waals surface area (Å²) < 4.78 is 0. The summed E-state index contributed by atoms with van der Waals surface area (Å²) >= 11 is 0. The molecule has 1 aromatic heterocycles. The summed E-state index contributed by atoms with van der Waals surface area (Å²) in [6, 6.07) is 0. The van der Waals surface area contributed by atoms with Gasteiger partial charge in [0.1, 0.15) is 6.33 Å². The first kappa shape index (κ1) is 12.5. The van der Waals surface area contributed by atoms with Crippen molar-refractivity contribution in [3.63, 3.8) is 0 Å². The molecule has 2 rings (SSSR count). The van der Waals surface area contributed by atoms with Gasteiger partial charge < -0.3 is 10.2 Å². The fraction of sp³-hybridized carbons (Fsp3) is 0.636. The highest BCUT2D eigenvalue weighted by Crippen LogP contribution is 2.33.